The third-order valence-corrected chi connectivity index (χ3v) is 3.59. The zero-order chi connectivity index (χ0) is 17.6. The number of nitrogens with two attached hydrogens (primary N) is 1. The van der Waals surface area contributed by atoms with Gasteiger partial charge in [-0.1, -0.05) is 30.3 Å². The molecule has 0 aliphatic heterocycles. The Morgan fingerprint density at radius 1 is 1.16 bits per heavy atom. The standard InChI is InChI=1S/C19H20N4O2/c1-14-12-23(19(20)22-14)21-11-16-8-9-17(18(10-16)24-2)25-13-15-6-4-3-5-7-15/h3-12H,13H2,1-2H3,(H2,20,22). The van der Waals surface area contributed by atoms with E-state index in [2.05, 4.69) is 10.1 Å². The van der Waals surface area contributed by atoms with Crippen LogP contribution in [0.1, 0.15) is 16.8 Å². The number of anilines is 1. The fraction of sp³-hybridized carbons (Fsp3) is 0.158. The summed E-state index contributed by atoms with van der Waals surface area (Å²) in [6, 6.07) is 15.6. The van der Waals surface area contributed by atoms with E-state index in [1.165, 1.54) is 4.68 Å². The van der Waals surface area contributed by atoms with Crippen molar-refractivity contribution in [2.75, 3.05) is 12.8 Å². The maximum absolute atomic E-state index is 5.85. The molecule has 0 unspecified atom stereocenters. The predicted octanol–water partition coefficient (Wildman–Crippen LogP) is 3.24. The number of imidazole rings is 1. The second kappa shape index (κ2) is 7.53. The second-order valence-electron chi connectivity index (χ2n) is 5.51. The first-order valence-corrected chi connectivity index (χ1v) is 7.86. The van der Waals surface area contributed by atoms with Crippen LogP contribution in [0.2, 0.25) is 0 Å². The van der Waals surface area contributed by atoms with Crippen LogP contribution in [0.15, 0.2) is 59.8 Å². The van der Waals surface area contributed by atoms with Crippen LogP contribution >= 0.6 is 0 Å². The number of hydrogen-bond acceptors (Lipinski definition) is 5. The van der Waals surface area contributed by atoms with Gasteiger partial charge in [-0.05, 0) is 36.2 Å². The molecule has 3 aromatic rings. The van der Waals surface area contributed by atoms with E-state index in [4.69, 9.17) is 15.2 Å². The van der Waals surface area contributed by atoms with Gasteiger partial charge in [0.2, 0.25) is 5.95 Å². The van der Waals surface area contributed by atoms with Crippen LogP contribution in [0.5, 0.6) is 11.5 Å². The minimum Gasteiger partial charge on any atom is -0.493 e. The van der Waals surface area contributed by atoms with Gasteiger partial charge in [0.25, 0.3) is 0 Å². The number of hydrogen-bond donors (Lipinski definition) is 1. The first kappa shape index (κ1) is 16.6. The van der Waals surface area contributed by atoms with Crippen LogP contribution in [-0.2, 0) is 6.61 Å². The van der Waals surface area contributed by atoms with Crippen LogP contribution in [-0.4, -0.2) is 23.0 Å². The lowest BCUT2D eigenvalue weighted by Gasteiger charge is -2.11. The van der Waals surface area contributed by atoms with Crippen molar-refractivity contribution in [1.82, 2.24) is 9.66 Å². The van der Waals surface area contributed by atoms with E-state index in [0.717, 1.165) is 16.8 Å². The van der Waals surface area contributed by atoms with Crippen molar-refractivity contribution in [3.63, 3.8) is 0 Å². The highest BCUT2D eigenvalue weighted by atomic mass is 16.5. The van der Waals surface area contributed by atoms with E-state index in [0.29, 0.717) is 24.1 Å². The van der Waals surface area contributed by atoms with Crippen molar-refractivity contribution in [3.8, 4) is 11.5 Å². The number of aromatic nitrogens is 2. The molecule has 0 aliphatic carbocycles. The number of rotatable bonds is 6. The zero-order valence-electron chi connectivity index (χ0n) is 14.2. The number of aryl methyl sites for hydroxylation is 1. The highest BCUT2D eigenvalue weighted by Gasteiger charge is 2.06. The molecule has 3 rings (SSSR count). The van der Waals surface area contributed by atoms with Crippen molar-refractivity contribution in [2.45, 2.75) is 13.5 Å². The van der Waals surface area contributed by atoms with Crippen molar-refractivity contribution >= 4 is 12.2 Å². The highest BCUT2D eigenvalue weighted by molar-refractivity contribution is 5.81. The van der Waals surface area contributed by atoms with Crippen molar-refractivity contribution in [3.05, 3.63) is 71.5 Å². The molecule has 6 heteroatoms. The molecule has 25 heavy (non-hydrogen) atoms. The summed E-state index contributed by atoms with van der Waals surface area (Å²) >= 11 is 0. The van der Waals surface area contributed by atoms with E-state index < -0.39 is 0 Å². The van der Waals surface area contributed by atoms with Crippen LogP contribution in [0, 0.1) is 6.92 Å². The summed E-state index contributed by atoms with van der Waals surface area (Å²) < 4.78 is 12.8. The lowest BCUT2D eigenvalue weighted by atomic mass is 10.2. The Balaban J connectivity index is 1.74. The van der Waals surface area contributed by atoms with Crippen molar-refractivity contribution in [1.29, 1.82) is 0 Å². The van der Waals surface area contributed by atoms with Crippen molar-refractivity contribution < 1.29 is 9.47 Å². The van der Waals surface area contributed by atoms with Crippen LogP contribution in [0.3, 0.4) is 0 Å². The molecule has 0 bridgehead atoms. The molecule has 0 spiro atoms. The summed E-state index contributed by atoms with van der Waals surface area (Å²) in [7, 11) is 1.61. The first-order valence-electron chi connectivity index (χ1n) is 7.86. The summed E-state index contributed by atoms with van der Waals surface area (Å²) in [5.74, 6) is 1.68. The summed E-state index contributed by atoms with van der Waals surface area (Å²) in [4.78, 5) is 4.11. The molecule has 2 N–H and O–H groups in total. The summed E-state index contributed by atoms with van der Waals surface area (Å²) in [5.41, 5.74) is 8.56. The van der Waals surface area contributed by atoms with E-state index in [9.17, 15) is 0 Å². The molecule has 0 saturated carbocycles. The highest BCUT2D eigenvalue weighted by Crippen LogP contribution is 2.28. The fourth-order valence-corrected chi connectivity index (χ4v) is 2.34. The van der Waals surface area contributed by atoms with Gasteiger partial charge >= 0.3 is 0 Å². The van der Waals surface area contributed by atoms with Gasteiger partial charge in [-0.15, -0.1) is 0 Å². The molecule has 128 valence electrons. The van der Waals surface area contributed by atoms with Gasteiger partial charge in [0, 0.05) is 0 Å². The van der Waals surface area contributed by atoms with Crippen LogP contribution < -0.4 is 15.2 Å². The van der Waals surface area contributed by atoms with Gasteiger partial charge in [-0.25, -0.2) is 9.66 Å². The van der Waals surface area contributed by atoms with Gasteiger partial charge in [-0.2, -0.15) is 5.10 Å². The van der Waals surface area contributed by atoms with Gasteiger partial charge in [0.15, 0.2) is 11.5 Å². The van der Waals surface area contributed by atoms with E-state index in [1.807, 2.05) is 55.5 Å². The minimum atomic E-state index is 0.350. The second-order valence-corrected chi connectivity index (χ2v) is 5.51. The predicted molar refractivity (Wildman–Crippen MR) is 98.1 cm³/mol. The van der Waals surface area contributed by atoms with E-state index >= 15 is 0 Å². The van der Waals surface area contributed by atoms with Crippen molar-refractivity contribution in [2.24, 2.45) is 5.10 Å². The third-order valence-electron chi connectivity index (χ3n) is 3.59. The Kier molecular flexibility index (Phi) is 4.99. The average Bonchev–Trinajstić information content (AvgIpc) is 2.96. The number of methoxy groups -OCH3 is 1. The monoisotopic (exact) mass is 336 g/mol. The number of benzene rings is 2. The van der Waals surface area contributed by atoms with Gasteiger partial charge in [-0.3, -0.25) is 0 Å². The lowest BCUT2D eigenvalue weighted by molar-refractivity contribution is 0.284. The quantitative estimate of drug-likeness (QED) is 0.701. The van der Waals surface area contributed by atoms with Crippen LogP contribution in [0.4, 0.5) is 5.95 Å². The molecule has 6 nitrogen and oxygen atoms in total. The SMILES string of the molecule is COc1cc(C=Nn2cc(C)nc2N)ccc1OCc1ccccc1. The van der Waals surface area contributed by atoms with Gasteiger partial charge < -0.3 is 15.2 Å². The maximum atomic E-state index is 5.85. The third kappa shape index (κ3) is 4.17. The lowest BCUT2D eigenvalue weighted by Crippen LogP contribution is -1.99. The summed E-state index contributed by atoms with van der Waals surface area (Å²) in [6.45, 7) is 2.35. The fourth-order valence-electron chi connectivity index (χ4n) is 2.34. The minimum absolute atomic E-state index is 0.350. The number of nitrogens with zero attached hydrogens (tertiary/aromatic N) is 3. The van der Waals surface area contributed by atoms with E-state index in [1.54, 1.807) is 19.5 Å². The maximum Gasteiger partial charge on any atom is 0.221 e. The normalized spacial score (nSPS) is 11.0. The molecule has 1 heterocycles. The van der Waals surface area contributed by atoms with Gasteiger partial charge in [0.05, 0.1) is 25.2 Å². The zero-order valence-corrected chi connectivity index (χ0v) is 14.2. The largest absolute Gasteiger partial charge is 0.493 e. The molecular weight excluding hydrogens is 316 g/mol. The number of ether oxygens (including phenoxy) is 2. The molecule has 2 aromatic carbocycles. The molecular formula is C19H20N4O2. The van der Waals surface area contributed by atoms with Gasteiger partial charge in [0.1, 0.15) is 6.61 Å². The Hall–Kier alpha value is -3.28. The molecule has 0 saturated heterocycles. The van der Waals surface area contributed by atoms with Crippen LogP contribution in [0.25, 0.3) is 0 Å². The molecule has 0 atom stereocenters. The smallest absolute Gasteiger partial charge is 0.221 e. The molecule has 1 aromatic heterocycles. The first-order chi connectivity index (χ1) is 12.2. The summed E-state index contributed by atoms with van der Waals surface area (Å²) in [5, 5.41) is 4.30. The molecule has 0 radical (unpaired) electrons. The molecule has 0 aliphatic rings. The Bertz CT molecular complexity index is 872. The molecule has 0 fully saturated rings. The Morgan fingerprint density at radius 3 is 2.64 bits per heavy atom. The molecule has 0 amide bonds. The Labute approximate surface area is 146 Å². The Morgan fingerprint density at radius 2 is 1.96 bits per heavy atom. The average molecular weight is 336 g/mol. The topological polar surface area (TPSA) is 74.7 Å². The number of nitrogen functional groups attached to an aromatic ring is 1. The van der Waals surface area contributed by atoms with E-state index in [-0.39, 0.29) is 0 Å². The summed E-state index contributed by atoms with van der Waals surface area (Å²) in [6.07, 6.45) is 3.46.